The van der Waals surface area contributed by atoms with E-state index >= 15 is 0 Å². The van der Waals surface area contributed by atoms with E-state index in [4.69, 9.17) is 16.3 Å². The lowest BCUT2D eigenvalue weighted by molar-refractivity contribution is -0.124. The summed E-state index contributed by atoms with van der Waals surface area (Å²) in [4.78, 5) is 25.2. The van der Waals surface area contributed by atoms with Crippen molar-refractivity contribution in [3.05, 3.63) is 64.7 Å². The lowest BCUT2D eigenvalue weighted by Gasteiger charge is -2.27. The van der Waals surface area contributed by atoms with Gasteiger partial charge < -0.3 is 15.4 Å². The van der Waals surface area contributed by atoms with Gasteiger partial charge in [-0.15, -0.1) is 0 Å². The average molecular weight is 401 g/mol. The highest BCUT2D eigenvalue weighted by molar-refractivity contribution is 6.30. The van der Waals surface area contributed by atoms with Gasteiger partial charge in [0.1, 0.15) is 11.8 Å². The molecule has 0 spiro atoms. The second-order valence-corrected chi connectivity index (χ2v) is 7.87. The van der Waals surface area contributed by atoms with E-state index in [1.807, 2.05) is 38.1 Å². The van der Waals surface area contributed by atoms with Crippen LogP contribution >= 0.6 is 11.6 Å². The van der Waals surface area contributed by atoms with E-state index in [9.17, 15) is 9.59 Å². The number of para-hydroxylation sites is 1. The molecule has 2 amide bonds. The van der Waals surface area contributed by atoms with E-state index in [-0.39, 0.29) is 23.7 Å². The minimum absolute atomic E-state index is 0.0421. The highest BCUT2D eigenvalue weighted by atomic mass is 35.5. The number of amides is 2. The third kappa shape index (κ3) is 5.04. The normalized spacial score (nSPS) is 16.6. The monoisotopic (exact) mass is 400 g/mol. The molecule has 3 rings (SSSR count). The Kier molecular flexibility index (Phi) is 6.57. The number of carbonyl (C=O) groups excluding carboxylic acids is 2. The van der Waals surface area contributed by atoms with Gasteiger partial charge in [0.15, 0.2) is 0 Å². The van der Waals surface area contributed by atoms with Crippen LogP contribution in [0.25, 0.3) is 0 Å². The summed E-state index contributed by atoms with van der Waals surface area (Å²) in [6.07, 6.45) is 0.861. The topological polar surface area (TPSA) is 67.4 Å². The lowest BCUT2D eigenvalue weighted by Crippen LogP contribution is -2.51. The molecule has 2 N–H and O–H groups in total. The zero-order valence-corrected chi connectivity index (χ0v) is 16.8. The Morgan fingerprint density at radius 3 is 2.57 bits per heavy atom. The van der Waals surface area contributed by atoms with Crippen molar-refractivity contribution in [2.45, 2.75) is 26.3 Å². The largest absolute Gasteiger partial charge is 0.493 e. The van der Waals surface area contributed by atoms with Crippen molar-refractivity contribution >= 4 is 23.4 Å². The molecule has 0 saturated heterocycles. The Labute approximate surface area is 170 Å². The van der Waals surface area contributed by atoms with E-state index < -0.39 is 6.04 Å². The molecule has 1 aliphatic heterocycles. The minimum atomic E-state index is -0.611. The maximum absolute atomic E-state index is 12.7. The van der Waals surface area contributed by atoms with E-state index in [0.717, 1.165) is 17.7 Å². The number of fused-ring (bicyclic) bond motifs is 1. The first kappa shape index (κ1) is 20.2. The van der Waals surface area contributed by atoms with Crippen LogP contribution in [0.15, 0.2) is 48.5 Å². The van der Waals surface area contributed by atoms with Gasteiger partial charge in [0.05, 0.1) is 6.61 Å². The van der Waals surface area contributed by atoms with Gasteiger partial charge in [0, 0.05) is 23.0 Å². The van der Waals surface area contributed by atoms with Crippen LogP contribution < -0.4 is 15.4 Å². The Bertz CT molecular complexity index is 836. The Balaban J connectivity index is 1.56. The van der Waals surface area contributed by atoms with Gasteiger partial charge in [-0.2, -0.15) is 0 Å². The predicted molar refractivity (Wildman–Crippen MR) is 110 cm³/mol. The maximum atomic E-state index is 12.7. The van der Waals surface area contributed by atoms with Gasteiger partial charge >= 0.3 is 0 Å². The molecule has 1 heterocycles. The molecule has 0 radical (unpaired) electrons. The average Bonchev–Trinajstić information content (AvgIpc) is 2.70. The molecular weight excluding hydrogens is 376 g/mol. The van der Waals surface area contributed by atoms with Crippen LogP contribution in [0.3, 0.4) is 0 Å². The highest BCUT2D eigenvalue weighted by Crippen LogP contribution is 2.26. The first-order valence-corrected chi connectivity index (χ1v) is 9.86. The molecule has 5 nitrogen and oxygen atoms in total. The van der Waals surface area contributed by atoms with Crippen LogP contribution in [-0.4, -0.2) is 31.0 Å². The van der Waals surface area contributed by atoms with Crippen LogP contribution in [-0.2, 0) is 11.2 Å². The van der Waals surface area contributed by atoms with Gasteiger partial charge in [0.2, 0.25) is 5.91 Å². The fourth-order valence-corrected chi connectivity index (χ4v) is 3.36. The molecule has 1 aliphatic rings. The summed E-state index contributed by atoms with van der Waals surface area (Å²) >= 11 is 5.86. The summed E-state index contributed by atoms with van der Waals surface area (Å²) in [7, 11) is 0. The Hall–Kier alpha value is -2.53. The molecule has 0 saturated carbocycles. The minimum Gasteiger partial charge on any atom is -0.493 e. The van der Waals surface area contributed by atoms with Crippen molar-refractivity contribution in [1.29, 1.82) is 0 Å². The van der Waals surface area contributed by atoms with Gasteiger partial charge in [-0.05, 0) is 48.2 Å². The molecule has 0 aliphatic carbocycles. The summed E-state index contributed by atoms with van der Waals surface area (Å²) < 4.78 is 5.78. The third-order valence-corrected chi connectivity index (χ3v) is 5.11. The molecule has 2 unspecified atom stereocenters. The van der Waals surface area contributed by atoms with Crippen molar-refractivity contribution in [2.24, 2.45) is 11.8 Å². The molecule has 2 aromatic rings. The molecule has 148 valence electrons. The van der Waals surface area contributed by atoms with Crippen LogP contribution in [0.5, 0.6) is 5.75 Å². The van der Waals surface area contributed by atoms with E-state index in [1.165, 1.54) is 0 Å². The van der Waals surface area contributed by atoms with Crippen molar-refractivity contribution in [1.82, 2.24) is 10.6 Å². The summed E-state index contributed by atoms with van der Waals surface area (Å²) in [5, 5.41) is 6.37. The fraction of sp³-hybridized carbons (Fsp3) is 0.364. The quantitative estimate of drug-likeness (QED) is 0.780. The summed E-state index contributed by atoms with van der Waals surface area (Å²) in [6, 6.07) is 13.9. The predicted octanol–water partition coefficient (Wildman–Crippen LogP) is 3.46. The molecule has 2 atom stereocenters. The maximum Gasteiger partial charge on any atom is 0.251 e. The second kappa shape index (κ2) is 9.11. The molecule has 0 bridgehead atoms. The lowest BCUT2D eigenvalue weighted by atomic mass is 9.96. The number of hydrogen-bond acceptors (Lipinski definition) is 3. The van der Waals surface area contributed by atoms with Crippen molar-refractivity contribution in [2.75, 3.05) is 13.2 Å². The first-order chi connectivity index (χ1) is 13.4. The Morgan fingerprint density at radius 2 is 1.86 bits per heavy atom. The van der Waals surface area contributed by atoms with Crippen LogP contribution in [0, 0.1) is 11.8 Å². The zero-order valence-electron chi connectivity index (χ0n) is 16.1. The second-order valence-electron chi connectivity index (χ2n) is 7.44. The SMILES string of the molecule is CC(C)C(NC(=O)c1ccc(Cl)cc1)C(=O)NCC1COc2ccccc2C1. The molecular formula is C22H25ClN2O3. The summed E-state index contributed by atoms with van der Waals surface area (Å²) in [5.74, 6) is 0.607. The first-order valence-electron chi connectivity index (χ1n) is 9.49. The number of nitrogens with one attached hydrogen (secondary N) is 2. The molecule has 6 heteroatoms. The van der Waals surface area contributed by atoms with E-state index in [2.05, 4.69) is 10.6 Å². The number of benzene rings is 2. The number of halogens is 1. The number of rotatable bonds is 6. The zero-order chi connectivity index (χ0) is 20.1. The van der Waals surface area contributed by atoms with Crippen LogP contribution in [0.2, 0.25) is 5.02 Å². The van der Waals surface area contributed by atoms with Crippen molar-refractivity contribution < 1.29 is 14.3 Å². The number of hydrogen-bond donors (Lipinski definition) is 2. The van der Waals surface area contributed by atoms with Gasteiger partial charge in [-0.1, -0.05) is 43.6 Å². The molecule has 2 aromatic carbocycles. The Morgan fingerprint density at radius 1 is 1.14 bits per heavy atom. The molecule has 28 heavy (non-hydrogen) atoms. The van der Waals surface area contributed by atoms with Crippen LogP contribution in [0.4, 0.5) is 0 Å². The number of carbonyl (C=O) groups is 2. The van der Waals surface area contributed by atoms with Gasteiger partial charge in [-0.3, -0.25) is 9.59 Å². The number of ether oxygens (including phenoxy) is 1. The fourth-order valence-electron chi connectivity index (χ4n) is 3.24. The van der Waals surface area contributed by atoms with Crippen LogP contribution in [0.1, 0.15) is 29.8 Å². The van der Waals surface area contributed by atoms with Crippen molar-refractivity contribution in [3.8, 4) is 5.75 Å². The smallest absolute Gasteiger partial charge is 0.251 e. The molecule has 0 aromatic heterocycles. The van der Waals surface area contributed by atoms with Crippen molar-refractivity contribution in [3.63, 3.8) is 0 Å². The summed E-state index contributed by atoms with van der Waals surface area (Å²) in [5.41, 5.74) is 1.63. The van der Waals surface area contributed by atoms with Gasteiger partial charge in [0.25, 0.3) is 5.91 Å². The van der Waals surface area contributed by atoms with E-state index in [0.29, 0.717) is 23.7 Å². The highest BCUT2D eigenvalue weighted by Gasteiger charge is 2.26. The standard InChI is InChI=1S/C22H25ClN2O3/c1-14(2)20(25-21(26)16-7-9-18(23)10-8-16)22(27)24-12-15-11-17-5-3-4-6-19(17)28-13-15/h3-10,14-15,20H,11-13H2,1-2H3,(H,24,27)(H,25,26). The van der Waals surface area contributed by atoms with E-state index in [1.54, 1.807) is 24.3 Å². The summed E-state index contributed by atoms with van der Waals surface area (Å²) in [6.45, 7) is 4.90. The van der Waals surface area contributed by atoms with Gasteiger partial charge in [-0.25, -0.2) is 0 Å². The molecule has 0 fully saturated rings. The third-order valence-electron chi connectivity index (χ3n) is 4.86.